The standard InChI is InChI=1S/C24H29N5O3/c1-13-15(3)28-20(17(5)26-13)12-32-21-9-8-19(10-22(21)31-7)11-25-24(30)23-18(6)27-14(2)16(4)29-23/h8-10H,11-12H2,1-7H3,(H,25,30). The van der Waals surface area contributed by atoms with Crippen molar-refractivity contribution in [3.8, 4) is 11.5 Å². The zero-order valence-electron chi connectivity index (χ0n) is 19.7. The second-order valence-electron chi connectivity index (χ2n) is 7.71. The Labute approximate surface area is 188 Å². The third-order valence-corrected chi connectivity index (χ3v) is 5.32. The zero-order valence-corrected chi connectivity index (χ0v) is 19.7. The molecule has 2 aromatic heterocycles. The van der Waals surface area contributed by atoms with E-state index in [1.165, 1.54) is 0 Å². The molecular formula is C24H29N5O3. The van der Waals surface area contributed by atoms with Gasteiger partial charge in [-0.25, -0.2) is 4.98 Å². The zero-order chi connectivity index (χ0) is 23.4. The van der Waals surface area contributed by atoms with E-state index in [4.69, 9.17) is 9.47 Å². The van der Waals surface area contributed by atoms with E-state index >= 15 is 0 Å². The van der Waals surface area contributed by atoms with Crippen molar-refractivity contribution in [2.75, 3.05) is 7.11 Å². The average molecular weight is 436 g/mol. The number of methoxy groups -OCH3 is 1. The molecule has 8 heteroatoms. The monoisotopic (exact) mass is 435 g/mol. The van der Waals surface area contributed by atoms with Crippen LogP contribution in [0.5, 0.6) is 11.5 Å². The fourth-order valence-corrected chi connectivity index (χ4v) is 3.18. The van der Waals surface area contributed by atoms with Crippen molar-refractivity contribution < 1.29 is 14.3 Å². The van der Waals surface area contributed by atoms with Gasteiger partial charge in [0.2, 0.25) is 0 Å². The summed E-state index contributed by atoms with van der Waals surface area (Å²) in [4.78, 5) is 30.4. The molecule has 0 atom stereocenters. The number of amides is 1. The molecular weight excluding hydrogens is 406 g/mol. The molecule has 0 unspecified atom stereocenters. The Morgan fingerprint density at radius 2 is 1.44 bits per heavy atom. The van der Waals surface area contributed by atoms with Crippen LogP contribution < -0.4 is 14.8 Å². The molecule has 3 aromatic rings. The van der Waals surface area contributed by atoms with Crippen molar-refractivity contribution in [2.24, 2.45) is 0 Å². The van der Waals surface area contributed by atoms with Crippen LogP contribution in [0, 0.1) is 41.5 Å². The number of rotatable bonds is 7. The lowest BCUT2D eigenvalue weighted by molar-refractivity contribution is 0.0944. The largest absolute Gasteiger partial charge is 0.493 e. The van der Waals surface area contributed by atoms with Crippen molar-refractivity contribution in [3.05, 3.63) is 69.3 Å². The van der Waals surface area contributed by atoms with Crippen LogP contribution in [-0.4, -0.2) is 33.0 Å². The van der Waals surface area contributed by atoms with Crippen LogP contribution in [0.4, 0.5) is 0 Å². The SMILES string of the molecule is COc1cc(CNC(=O)c2nc(C)c(C)nc2C)ccc1OCc1nc(C)c(C)nc1C. The number of carbonyl (C=O) groups excluding carboxylic acids is 1. The molecule has 0 saturated heterocycles. The van der Waals surface area contributed by atoms with Gasteiger partial charge in [-0.1, -0.05) is 6.07 Å². The van der Waals surface area contributed by atoms with Gasteiger partial charge in [0, 0.05) is 6.54 Å². The molecule has 168 valence electrons. The van der Waals surface area contributed by atoms with E-state index in [9.17, 15) is 4.79 Å². The first kappa shape index (κ1) is 23.1. The molecule has 8 nitrogen and oxygen atoms in total. The van der Waals surface area contributed by atoms with Crippen molar-refractivity contribution in [1.82, 2.24) is 25.3 Å². The van der Waals surface area contributed by atoms with Gasteiger partial charge in [0.1, 0.15) is 12.3 Å². The van der Waals surface area contributed by atoms with Gasteiger partial charge in [0.05, 0.1) is 47.0 Å². The quantitative estimate of drug-likeness (QED) is 0.605. The van der Waals surface area contributed by atoms with Crippen LogP contribution in [0.25, 0.3) is 0 Å². The Morgan fingerprint density at radius 3 is 2.12 bits per heavy atom. The van der Waals surface area contributed by atoms with E-state index in [0.29, 0.717) is 29.4 Å². The molecule has 0 bridgehead atoms. The summed E-state index contributed by atoms with van der Waals surface area (Å²) in [5.74, 6) is 0.910. The molecule has 1 aromatic carbocycles. The molecule has 0 spiro atoms. The number of nitrogens with one attached hydrogen (secondary N) is 1. The molecule has 0 fully saturated rings. The lowest BCUT2D eigenvalue weighted by Gasteiger charge is -2.14. The van der Waals surface area contributed by atoms with E-state index in [1.807, 2.05) is 52.8 Å². The van der Waals surface area contributed by atoms with Gasteiger partial charge in [-0.3, -0.25) is 19.7 Å². The Morgan fingerprint density at radius 1 is 0.812 bits per heavy atom. The van der Waals surface area contributed by atoms with Crippen LogP contribution in [0.1, 0.15) is 55.9 Å². The van der Waals surface area contributed by atoms with Crippen LogP contribution in [-0.2, 0) is 13.2 Å². The Balaban J connectivity index is 1.68. The van der Waals surface area contributed by atoms with Crippen LogP contribution in [0.2, 0.25) is 0 Å². The number of aromatic nitrogens is 4. The van der Waals surface area contributed by atoms with Crippen molar-refractivity contribution in [2.45, 2.75) is 54.7 Å². The molecule has 32 heavy (non-hydrogen) atoms. The summed E-state index contributed by atoms with van der Waals surface area (Å²) in [6.07, 6.45) is 0. The van der Waals surface area contributed by atoms with Gasteiger partial charge in [-0.2, -0.15) is 0 Å². The fraction of sp³-hybridized carbons (Fsp3) is 0.375. The summed E-state index contributed by atoms with van der Waals surface area (Å²) in [6.45, 7) is 11.9. The minimum Gasteiger partial charge on any atom is -0.493 e. The lowest BCUT2D eigenvalue weighted by atomic mass is 10.2. The third-order valence-electron chi connectivity index (χ3n) is 5.32. The normalized spacial score (nSPS) is 10.7. The predicted octanol–water partition coefficient (Wildman–Crippen LogP) is 3.63. The number of aryl methyl sites for hydroxylation is 6. The van der Waals surface area contributed by atoms with Crippen molar-refractivity contribution in [1.29, 1.82) is 0 Å². The van der Waals surface area contributed by atoms with Gasteiger partial charge < -0.3 is 14.8 Å². The average Bonchev–Trinajstić information content (AvgIpc) is 2.76. The number of hydrogen-bond acceptors (Lipinski definition) is 7. The predicted molar refractivity (Wildman–Crippen MR) is 121 cm³/mol. The second kappa shape index (κ2) is 9.72. The molecule has 3 rings (SSSR count). The summed E-state index contributed by atoms with van der Waals surface area (Å²) in [6, 6.07) is 5.55. The van der Waals surface area contributed by atoms with Crippen molar-refractivity contribution in [3.63, 3.8) is 0 Å². The highest BCUT2D eigenvalue weighted by Crippen LogP contribution is 2.29. The molecule has 1 amide bonds. The number of carbonyl (C=O) groups is 1. The van der Waals surface area contributed by atoms with Crippen LogP contribution in [0.15, 0.2) is 18.2 Å². The molecule has 0 aliphatic heterocycles. The van der Waals surface area contributed by atoms with Crippen LogP contribution >= 0.6 is 0 Å². The Hall–Kier alpha value is -3.55. The molecule has 0 radical (unpaired) electrons. The molecule has 1 N–H and O–H groups in total. The smallest absolute Gasteiger partial charge is 0.272 e. The maximum Gasteiger partial charge on any atom is 0.272 e. The molecule has 0 aliphatic rings. The number of nitrogens with zero attached hydrogens (tertiary/aromatic N) is 4. The highest BCUT2D eigenvalue weighted by atomic mass is 16.5. The highest BCUT2D eigenvalue weighted by molar-refractivity contribution is 5.93. The van der Waals surface area contributed by atoms with Crippen molar-refractivity contribution >= 4 is 5.91 Å². The summed E-state index contributed by atoms with van der Waals surface area (Å²) < 4.78 is 11.4. The number of hydrogen-bond donors (Lipinski definition) is 1. The fourth-order valence-electron chi connectivity index (χ4n) is 3.18. The van der Waals surface area contributed by atoms with Gasteiger partial charge in [-0.05, 0) is 59.2 Å². The van der Waals surface area contributed by atoms with E-state index in [1.54, 1.807) is 14.0 Å². The molecule has 0 aliphatic carbocycles. The summed E-state index contributed by atoms with van der Waals surface area (Å²) in [5.41, 5.74) is 6.82. The van der Waals surface area contributed by atoms with E-state index < -0.39 is 0 Å². The minimum atomic E-state index is -0.263. The van der Waals surface area contributed by atoms with E-state index in [-0.39, 0.29) is 12.5 Å². The first-order valence-corrected chi connectivity index (χ1v) is 10.4. The maximum atomic E-state index is 12.6. The summed E-state index contributed by atoms with van der Waals surface area (Å²) in [7, 11) is 1.58. The topological polar surface area (TPSA) is 99.1 Å². The van der Waals surface area contributed by atoms with Gasteiger partial charge >= 0.3 is 0 Å². The summed E-state index contributed by atoms with van der Waals surface area (Å²) in [5, 5.41) is 2.89. The molecule has 2 heterocycles. The maximum absolute atomic E-state index is 12.6. The highest BCUT2D eigenvalue weighted by Gasteiger charge is 2.15. The van der Waals surface area contributed by atoms with Gasteiger partial charge in [0.15, 0.2) is 11.5 Å². The molecule has 0 saturated carbocycles. The minimum absolute atomic E-state index is 0.263. The number of benzene rings is 1. The van der Waals surface area contributed by atoms with Gasteiger partial charge in [0.25, 0.3) is 5.91 Å². The third kappa shape index (κ3) is 5.19. The van der Waals surface area contributed by atoms with Gasteiger partial charge in [-0.15, -0.1) is 0 Å². The van der Waals surface area contributed by atoms with Crippen LogP contribution in [0.3, 0.4) is 0 Å². The second-order valence-corrected chi connectivity index (χ2v) is 7.71. The lowest BCUT2D eigenvalue weighted by Crippen LogP contribution is -2.25. The van der Waals surface area contributed by atoms with E-state index in [0.717, 1.165) is 39.7 Å². The first-order chi connectivity index (χ1) is 15.2. The number of ether oxygens (including phenoxy) is 2. The van der Waals surface area contributed by atoms with E-state index in [2.05, 4.69) is 25.3 Å². The summed E-state index contributed by atoms with van der Waals surface area (Å²) >= 11 is 0. The Bertz CT molecular complexity index is 1160. The first-order valence-electron chi connectivity index (χ1n) is 10.4. The Kier molecular flexibility index (Phi) is 7.02.